The Balaban J connectivity index is 1.31. The van der Waals surface area contributed by atoms with E-state index < -0.39 is 42.1 Å². The Morgan fingerprint density at radius 1 is 0.904 bits per heavy atom. The number of carbonyl (C=O) groups is 4. The van der Waals surface area contributed by atoms with E-state index >= 15 is 0 Å². The van der Waals surface area contributed by atoms with E-state index in [2.05, 4.69) is 28.1 Å². The number of methoxy groups -OCH3 is 1. The molecule has 2 aliphatic rings. The summed E-state index contributed by atoms with van der Waals surface area (Å²) in [5, 5.41) is 17.3. The molecule has 3 aromatic rings. The van der Waals surface area contributed by atoms with Crippen molar-refractivity contribution in [3.05, 3.63) is 108 Å². The van der Waals surface area contributed by atoms with Crippen LogP contribution in [0.4, 0.5) is 4.79 Å². The maximum absolute atomic E-state index is 13.9. The number of cyclic esters (lactones) is 1. The lowest BCUT2D eigenvalue weighted by molar-refractivity contribution is -0.155. The summed E-state index contributed by atoms with van der Waals surface area (Å²) < 4.78 is 22.5. The highest BCUT2D eigenvalue weighted by molar-refractivity contribution is 5.86. The van der Waals surface area contributed by atoms with Gasteiger partial charge in [-0.2, -0.15) is 0 Å². The van der Waals surface area contributed by atoms with Crippen LogP contribution in [-0.4, -0.2) is 87.8 Å². The highest BCUT2D eigenvalue weighted by atomic mass is 16.6. The minimum absolute atomic E-state index is 0.00000623. The van der Waals surface area contributed by atoms with Crippen LogP contribution >= 0.6 is 0 Å². The molecule has 1 aliphatic carbocycles. The van der Waals surface area contributed by atoms with Gasteiger partial charge in [0, 0.05) is 26.0 Å². The number of carbonyl (C=O) groups excluding carboxylic acids is 4. The fourth-order valence-corrected chi connectivity index (χ4v) is 6.60. The number of ether oxygens (including phenoxy) is 4. The van der Waals surface area contributed by atoms with Crippen LogP contribution in [0.5, 0.6) is 0 Å². The van der Waals surface area contributed by atoms with E-state index in [1.165, 1.54) is 7.11 Å². The SMILES string of the molecule is COC[C@@H]1NC(=O)[C@@H](CC(=O)NCCOCCO)CC=CCC[C@H](NC(=O)OCC2c3ccccc3-c3ccccc32)C(=O)O[C@H]1c1ccccc1. The molecule has 52 heavy (non-hydrogen) atoms. The first-order valence-electron chi connectivity index (χ1n) is 17.7. The number of esters is 1. The topological polar surface area (TPSA) is 162 Å². The fourth-order valence-electron chi connectivity index (χ4n) is 6.60. The predicted molar refractivity (Wildman–Crippen MR) is 193 cm³/mol. The van der Waals surface area contributed by atoms with Crippen LogP contribution in [0.25, 0.3) is 11.1 Å². The monoisotopic (exact) mass is 713 g/mol. The molecule has 12 nitrogen and oxygen atoms in total. The Labute approximate surface area is 303 Å². The lowest BCUT2D eigenvalue weighted by atomic mass is 9.97. The molecule has 3 aromatic carbocycles. The van der Waals surface area contributed by atoms with Crippen LogP contribution in [0.1, 0.15) is 54.4 Å². The largest absolute Gasteiger partial charge is 0.454 e. The second-order valence-corrected chi connectivity index (χ2v) is 12.7. The molecule has 5 rings (SSSR count). The number of aliphatic hydroxyl groups is 1. The lowest BCUT2D eigenvalue weighted by Gasteiger charge is -2.30. The number of fused-ring (bicyclic) bond motifs is 3. The van der Waals surface area contributed by atoms with Crippen LogP contribution in [0, 0.1) is 5.92 Å². The van der Waals surface area contributed by atoms with Crippen molar-refractivity contribution in [1.82, 2.24) is 16.0 Å². The van der Waals surface area contributed by atoms with Crippen molar-refractivity contribution in [2.75, 3.05) is 46.7 Å². The first-order valence-corrected chi connectivity index (χ1v) is 17.7. The van der Waals surface area contributed by atoms with Crippen molar-refractivity contribution in [1.29, 1.82) is 0 Å². The van der Waals surface area contributed by atoms with Crippen molar-refractivity contribution in [2.24, 2.45) is 5.92 Å². The number of hydrogen-bond donors (Lipinski definition) is 4. The predicted octanol–water partition coefficient (Wildman–Crippen LogP) is 4.18. The Hall–Kier alpha value is -5.04. The summed E-state index contributed by atoms with van der Waals surface area (Å²) in [6, 6.07) is 23.2. The van der Waals surface area contributed by atoms with E-state index in [0.717, 1.165) is 22.3 Å². The third kappa shape index (κ3) is 10.3. The number of aliphatic hydroxyl groups excluding tert-OH is 1. The summed E-state index contributed by atoms with van der Waals surface area (Å²) in [4.78, 5) is 53.7. The van der Waals surface area contributed by atoms with Crippen molar-refractivity contribution in [2.45, 2.75) is 49.8 Å². The second-order valence-electron chi connectivity index (χ2n) is 12.7. The Morgan fingerprint density at radius 2 is 1.60 bits per heavy atom. The molecule has 12 heteroatoms. The minimum Gasteiger partial charge on any atom is -0.454 e. The first kappa shape index (κ1) is 38.2. The normalized spacial score (nSPS) is 20.6. The molecule has 0 saturated carbocycles. The Morgan fingerprint density at radius 3 is 2.29 bits per heavy atom. The summed E-state index contributed by atoms with van der Waals surface area (Å²) in [7, 11) is 1.48. The average molecular weight is 714 g/mol. The van der Waals surface area contributed by atoms with Gasteiger partial charge in [-0.05, 0) is 47.1 Å². The third-order valence-corrected chi connectivity index (χ3v) is 9.15. The molecule has 0 unspecified atom stereocenters. The minimum atomic E-state index is -1.05. The van der Waals surface area contributed by atoms with Crippen LogP contribution in [0.3, 0.4) is 0 Å². The van der Waals surface area contributed by atoms with Gasteiger partial charge >= 0.3 is 12.1 Å². The van der Waals surface area contributed by atoms with Crippen LogP contribution in [-0.2, 0) is 33.3 Å². The molecule has 0 radical (unpaired) electrons. The molecule has 3 amide bonds. The highest BCUT2D eigenvalue weighted by Crippen LogP contribution is 2.44. The summed E-state index contributed by atoms with van der Waals surface area (Å²) in [5.74, 6) is -2.29. The van der Waals surface area contributed by atoms with Crippen LogP contribution in [0.15, 0.2) is 91.0 Å². The number of hydrogen-bond acceptors (Lipinski definition) is 9. The molecule has 0 saturated heterocycles. The summed E-state index contributed by atoms with van der Waals surface area (Å²) >= 11 is 0. The zero-order chi connectivity index (χ0) is 36.7. The van der Waals surface area contributed by atoms with Gasteiger partial charge in [-0.3, -0.25) is 9.59 Å². The van der Waals surface area contributed by atoms with Crippen molar-refractivity contribution >= 4 is 23.9 Å². The summed E-state index contributed by atoms with van der Waals surface area (Å²) in [5.41, 5.74) is 4.97. The maximum Gasteiger partial charge on any atom is 0.407 e. The van der Waals surface area contributed by atoms with Gasteiger partial charge in [0.1, 0.15) is 18.8 Å². The molecule has 0 bridgehead atoms. The molecule has 4 N–H and O–H groups in total. The van der Waals surface area contributed by atoms with Crippen molar-refractivity contribution < 1.29 is 43.2 Å². The van der Waals surface area contributed by atoms with Gasteiger partial charge in [-0.1, -0.05) is 91.0 Å². The molecule has 0 spiro atoms. The third-order valence-electron chi connectivity index (χ3n) is 9.15. The standard InChI is InChI=1S/C40H47N3O9/c1-49-26-35-37(27-12-4-2-5-13-27)52-39(47)34(19-7-3-6-14-28(38(46)42-35)24-36(45)41-20-22-50-23-21-44)43-40(48)51-25-33-31-17-10-8-15-29(31)30-16-9-11-18-32(30)33/h2-6,8-13,15-18,28,33-35,37,44H,7,14,19-26H2,1H3,(H,41,45)(H,42,46)(H,43,48)/t28-,34+,35+,37+/m1/s1. The molecule has 1 aliphatic heterocycles. The Kier molecular flexibility index (Phi) is 14.4. The van der Waals surface area contributed by atoms with E-state index in [9.17, 15) is 19.2 Å². The van der Waals surface area contributed by atoms with E-state index in [1.807, 2.05) is 48.5 Å². The number of nitrogens with one attached hydrogen (secondary N) is 3. The summed E-state index contributed by atoms with van der Waals surface area (Å²) in [6.45, 7) is 0.604. The number of amides is 3. The van der Waals surface area contributed by atoms with Crippen LogP contribution in [0.2, 0.25) is 0 Å². The number of benzene rings is 3. The average Bonchev–Trinajstić information content (AvgIpc) is 3.48. The molecule has 0 aromatic heterocycles. The van der Waals surface area contributed by atoms with Gasteiger partial charge in [0.2, 0.25) is 11.8 Å². The smallest absolute Gasteiger partial charge is 0.407 e. The van der Waals surface area contributed by atoms with Gasteiger partial charge in [0.15, 0.2) is 0 Å². The van der Waals surface area contributed by atoms with Gasteiger partial charge in [-0.15, -0.1) is 0 Å². The van der Waals surface area contributed by atoms with Gasteiger partial charge in [0.05, 0.1) is 38.4 Å². The molecular weight excluding hydrogens is 666 g/mol. The van der Waals surface area contributed by atoms with Crippen molar-refractivity contribution in [3.63, 3.8) is 0 Å². The lowest BCUT2D eigenvalue weighted by Crippen LogP contribution is -2.48. The van der Waals surface area contributed by atoms with E-state index in [1.54, 1.807) is 30.3 Å². The molecule has 0 fully saturated rings. The zero-order valence-electron chi connectivity index (χ0n) is 29.3. The van der Waals surface area contributed by atoms with E-state index in [4.69, 9.17) is 24.1 Å². The fraction of sp³-hybridized carbons (Fsp3) is 0.400. The van der Waals surface area contributed by atoms with Gasteiger partial charge in [0.25, 0.3) is 0 Å². The highest BCUT2D eigenvalue weighted by Gasteiger charge is 2.35. The van der Waals surface area contributed by atoms with Crippen LogP contribution < -0.4 is 16.0 Å². The maximum atomic E-state index is 13.9. The number of allylic oxidation sites excluding steroid dienone is 2. The quantitative estimate of drug-likeness (QED) is 0.116. The molecule has 276 valence electrons. The van der Waals surface area contributed by atoms with Gasteiger partial charge in [-0.25, -0.2) is 9.59 Å². The van der Waals surface area contributed by atoms with E-state index in [-0.39, 0.29) is 70.7 Å². The number of rotatable bonds is 13. The Bertz CT molecular complexity index is 1640. The van der Waals surface area contributed by atoms with Gasteiger partial charge < -0.3 is 40.0 Å². The molecule has 4 atom stereocenters. The molecule has 1 heterocycles. The second kappa shape index (κ2) is 19.5. The molecular formula is C40H47N3O9. The number of alkyl carbamates (subject to hydrolysis) is 1. The van der Waals surface area contributed by atoms with E-state index in [0.29, 0.717) is 12.0 Å². The zero-order valence-corrected chi connectivity index (χ0v) is 29.3. The summed E-state index contributed by atoms with van der Waals surface area (Å²) in [6.07, 6.45) is 2.65. The van der Waals surface area contributed by atoms with Crippen molar-refractivity contribution in [3.8, 4) is 11.1 Å². The first-order chi connectivity index (χ1) is 25.4.